The van der Waals surface area contributed by atoms with Crippen LogP contribution in [0.1, 0.15) is 19.3 Å². The van der Waals surface area contributed by atoms with E-state index in [1.54, 1.807) is 16.8 Å². The Bertz CT molecular complexity index is 444. The summed E-state index contributed by atoms with van der Waals surface area (Å²) in [6, 6.07) is 3.36. The molecule has 0 spiro atoms. The molecule has 3 N–H and O–H groups in total. The summed E-state index contributed by atoms with van der Waals surface area (Å²) in [4.78, 5) is 13.9. The van der Waals surface area contributed by atoms with Crippen LogP contribution < -0.4 is 11.3 Å². The van der Waals surface area contributed by atoms with E-state index < -0.39 is 0 Å². The lowest BCUT2D eigenvalue weighted by Crippen LogP contribution is -2.43. The lowest BCUT2D eigenvalue weighted by atomic mass is 10.0. The maximum Gasteiger partial charge on any atom is 0.250 e. The molecule has 1 aromatic rings. The number of rotatable bonds is 4. The van der Waals surface area contributed by atoms with Crippen LogP contribution in [-0.4, -0.2) is 40.3 Å². The molecule has 5 nitrogen and oxygen atoms in total. The van der Waals surface area contributed by atoms with Gasteiger partial charge in [0.05, 0.1) is 6.61 Å². The Morgan fingerprint density at radius 1 is 1.33 bits per heavy atom. The van der Waals surface area contributed by atoms with Crippen molar-refractivity contribution >= 4 is 5.69 Å². The van der Waals surface area contributed by atoms with Gasteiger partial charge in [0.1, 0.15) is 0 Å². The molecule has 18 heavy (non-hydrogen) atoms. The maximum atomic E-state index is 11.6. The van der Waals surface area contributed by atoms with Crippen LogP contribution in [0.25, 0.3) is 0 Å². The van der Waals surface area contributed by atoms with Gasteiger partial charge in [0.15, 0.2) is 0 Å². The minimum Gasteiger partial charge on any atom is -0.398 e. The summed E-state index contributed by atoms with van der Waals surface area (Å²) in [5.74, 6) is 0. The number of hydrogen-bond acceptors (Lipinski definition) is 4. The highest BCUT2D eigenvalue weighted by Gasteiger charge is 2.20. The highest BCUT2D eigenvalue weighted by molar-refractivity contribution is 5.33. The molecule has 0 aliphatic carbocycles. The van der Waals surface area contributed by atoms with Gasteiger partial charge in [-0.1, -0.05) is 6.42 Å². The standard InChI is InChI=1S/C13H21N3O2/c14-11-4-5-13(18)16(9-11)8-7-15-6-2-1-3-12(15)10-17/h4-5,9,12,17H,1-3,6-8,10,14H2. The molecule has 1 aliphatic heterocycles. The molecule has 0 radical (unpaired) electrons. The van der Waals surface area contributed by atoms with Gasteiger partial charge < -0.3 is 15.4 Å². The molecule has 5 heteroatoms. The van der Waals surface area contributed by atoms with Gasteiger partial charge in [0, 0.05) is 37.1 Å². The van der Waals surface area contributed by atoms with Crippen LogP contribution in [0.5, 0.6) is 0 Å². The predicted molar refractivity (Wildman–Crippen MR) is 71.4 cm³/mol. The third-order valence-corrected chi connectivity index (χ3v) is 3.59. The number of aromatic nitrogens is 1. The number of hydrogen-bond donors (Lipinski definition) is 2. The van der Waals surface area contributed by atoms with Crippen molar-refractivity contribution < 1.29 is 5.11 Å². The van der Waals surface area contributed by atoms with Crippen LogP contribution in [0.2, 0.25) is 0 Å². The van der Waals surface area contributed by atoms with E-state index in [0.29, 0.717) is 12.2 Å². The van der Waals surface area contributed by atoms with Gasteiger partial charge in [-0.3, -0.25) is 9.69 Å². The predicted octanol–water partition coefficient (Wildman–Crippen LogP) is 0.277. The van der Waals surface area contributed by atoms with E-state index in [0.717, 1.165) is 19.5 Å². The summed E-state index contributed by atoms with van der Waals surface area (Å²) < 4.78 is 1.64. The first-order chi connectivity index (χ1) is 8.70. The van der Waals surface area contributed by atoms with E-state index in [9.17, 15) is 9.90 Å². The summed E-state index contributed by atoms with van der Waals surface area (Å²) in [5.41, 5.74) is 6.25. The monoisotopic (exact) mass is 251 g/mol. The Labute approximate surface area is 107 Å². The maximum absolute atomic E-state index is 11.6. The van der Waals surface area contributed by atoms with E-state index >= 15 is 0 Å². The normalized spacial score (nSPS) is 21.1. The fourth-order valence-electron chi connectivity index (χ4n) is 2.52. The highest BCUT2D eigenvalue weighted by atomic mass is 16.3. The van der Waals surface area contributed by atoms with Gasteiger partial charge in [-0.05, 0) is 25.5 Å². The molecule has 1 saturated heterocycles. The molecule has 0 amide bonds. The van der Waals surface area contributed by atoms with Crippen LogP contribution >= 0.6 is 0 Å². The lowest BCUT2D eigenvalue weighted by Gasteiger charge is -2.34. The Morgan fingerprint density at radius 2 is 2.17 bits per heavy atom. The highest BCUT2D eigenvalue weighted by Crippen LogP contribution is 2.16. The van der Waals surface area contributed by atoms with Crippen molar-refractivity contribution in [3.63, 3.8) is 0 Å². The van der Waals surface area contributed by atoms with E-state index in [4.69, 9.17) is 5.73 Å². The fraction of sp³-hybridized carbons (Fsp3) is 0.615. The van der Waals surface area contributed by atoms with Crippen molar-refractivity contribution in [2.24, 2.45) is 0 Å². The molecule has 0 saturated carbocycles. The van der Waals surface area contributed by atoms with Gasteiger partial charge in [-0.25, -0.2) is 0 Å². The number of aliphatic hydroxyl groups is 1. The molecule has 1 aromatic heterocycles. The quantitative estimate of drug-likeness (QED) is 0.806. The van der Waals surface area contributed by atoms with Crippen molar-refractivity contribution in [1.82, 2.24) is 9.47 Å². The number of likely N-dealkylation sites (tertiary alicyclic amines) is 1. The smallest absolute Gasteiger partial charge is 0.250 e. The third-order valence-electron chi connectivity index (χ3n) is 3.59. The molecule has 1 aliphatic rings. The average molecular weight is 251 g/mol. The van der Waals surface area contributed by atoms with Gasteiger partial charge in [-0.15, -0.1) is 0 Å². The second-order valence-electron chi connectivity index (χ2n) is 4.86. The number of piperidine rings is 1. The van der Waals surface area contributed by atoms with Crippen molar-refractivity contribution in [1.29, 1.82) is 0 Å². The number of aliphatic hydroxyl groups excluding tert-OH is 1. The van der Waals surface area contributed by atoms with Gasteiger partial charge >= 0.3 is 0 Å². The van der Waals surface area contributed by atoms with Crippen molar-refractivity contribution in [3.05, 3.63) is 28.7 Å². The average Bonchev–Trinajstić information content (AvgIpc) is 2.40. The minimum atomic E-state index is -0.0262. The summed E-state index contributed by atoms with van der Waals surface area (Å²) in [6.07, 6.45) is 5.07. The molecule has 2 heterocycles. The van der Waals surface area contributed by atoms with Gasteiger partial charge in [-0.2, -0.15) is 0 Å². The zero-order valence-corrected chi connectivity index (χ0v) is 10.6. The van der Waals surface area contributed by atoms with Gasteiger partial charge in [0.25, 0.3) is 5.56 Å². The van der Waals surface area contributed by atoms with E-state index in [2.05, 4.69) is 4.90 Å². The number of nitrogens with two attached hydrogens (primary N) is 1. The van der Waals surface area contributed by atoms with Crippen LogP contribution in [0.15, 0.2) is 23.1 Å². The number of nitrogens with zero attached hydrogens (tertiary/aromatic N) is 2. The number of pyridine rings is 1. The Kier molecular flexibility index (Phi) is 4.38. The topological polar surface area (TPSA) is 71.5 Å². The van der Waals surface area contributed by atoms with Crippen molar-refractivity contribution in [3.8, 4) is 0 Å². The summed E-state index contributed by atoms with van der Waals surface area (Å²) in [7, 11) is 0. The molecule has 1 fully saturated rings. The van der Waals surface area contributed by atoms with E-state index in [-0.39, 0.29) is 18.2 Å². The van der Waals surface area contributed by atoms with Crippen LogP contribution in [0.4, 0.5) is 5.69 Å². The zero-order valence-electron chi connectivity index (χ0n) is 10.6. The molecule has 0 aromatic carbocycles. The molecule has 2 rings (SSSR count). The number of anilines is 1. The SMILES string of the molecule is Nc1ccc(=O)n(CCN2CCCCC2CO)c1. The lowest BCUT2D eigenvalue weighted by molar-refractivity contribution is 0.0869. The molecular formula is C13H21N3O2. The first kappa shape index (κ1) is 13.1. The molecule has 1 atom stereocenters. The number of nitrogen functional groups attached to an aromatic ring is 1. The van der Waals surface area contributed by atoms with Gasteiger partial charge in [0.2, 0.25) is 0 Å². The molecule has 1 unspecified atom stereocenters. The summed E-state index contributed by atoms with van der Waals surface area (Å²) >= 11 is 0. The molecule has 100 valence electrons. The van der Waals surface area contributed by atoms with Crippen molar-refractivity contribution in [2.75, 3.05) is 25.4 Å². The summed E-state index contributed by atoms with van der Waals surface area (Å²) in [6.45, 7) is 2.61. The minimum absolute atomic E-state index is 0.0262. The van der Waals surface area contributed by atoms with E-state index in [1.165, 1.54) is 18.9 Å². The fourth-order valence-corrected chi connectivity index (χ4v) is 2.52. The van der Waals surface area contributed by atoms with Crippen LogP contribution in [-0.2, 0) is 6.54 Å². The van der Waals surface area contributed by atoms with Crippen LogP contribution in [0, 0.1) is 0 Å². The zero-order chi connectivity index (χ0) is 13.0. The first-order valence-electron chi connectivity index (χ1n) is 6.51. The second-order valence-corrected chi connectivity index (χ2v) is 4.86. The Hall–Kier alpha value is -1.33. The Morgan fingerprint density at radius 3 is 2.94 bits per heavy atom. The molecular weight excluding hydrogens is 230 g/mol. The van der Waals surface area contributed by atoms with Crippen molar-refractivity contribution in [2.45, 2.75) is 31.8 Å². The largest absolute Gasteiger partial charge is 0.398 e. The van der Waals surface area contributed by atoms with Crippen LogP contribution in [0.3, 0.4) is 0 Å². The molecule has 0 bridgehead atoms. The first-order valence-corrected chi connectivity index (χ1v) is 6.51. The second kappa shape index (κ2) is 6.02. The third kappa shape index (κ3) is 3.11. The summed E-state index contributed by atoms with van der Waals surface area (Å²) in [5, 5.41) is 9.33. The Balaban J connectivity index is 1.97. The van der Waals surface area contributed by atoms with E-state index in [1.807, 2.05) is 0 Å².